The van der Waals surface area contributed by atoms with E-state index >= 15 is 0 Å². The molecule has 1 aromatic carbocycles. The van der Waals surface area contributed by atoms with Gasteiger partial charge in [-0.3, -0.25) is 0 Å². The van der Waals surface area contributed by atoms with Crippen LogP contribution < -0.4 is 10.1 Å². The van der Waals surface area contributed by atoms with Gasteiger partial charge in [0.25, 0.3) is 0 Å². The Labute approximate surface area is 114 Å². The Morgan fingerprint density at radius 1 is 1.26 bits per heavy atom. The lowest BCUT2D eigenvalue weighted by Gasteiger charge is -2.07. The highest BCUT2D eigenvalue weighted by molar-refractivity contribution is 7.14. The van der Waals surface area contributed by atoms with E-state index in [1.807, 2.05) is 35.7 Å². The minimum absolute atomic E-state index is 0.794. The van der Waals surface area contributed by atoms with Crippen molar-refractivity contribution in [1.82, 2.24) is 4.98 Å². The fraction of sp³-hybridized carbons (Fsp3) is 0.0714. The molecule has 3 aromatic rings. The number of rotatable bonds is 4. The van der Waals surface area contributed by atoms with Crippen LogP contribution in [0.4, 0.5) is 10.8 Å². The van der Waals surface area contributed by atoms with Crippen molar-refractivity contribution >= 4 is 22.2 Å². The maximum absolute atomic E-state index is 5.30. The maximum atomic E-state index is 5.30. The molecule has 0 fully saturated rings. The lowest BCUT2D eigenvalue weighted by atomic mass is 10.3. The molecule has 0 saturated carbocycles. The van der Waals surface area contributed by atoms with Gasteiger partial charge in [0, 0.05) is 10.9 Å². The Morgan fingerprint density at radius 3 is 2.95 bits per heavy atom. The zero-order valence-electron chi connectivity index (χ0n) is 10.3. The largest absolute Gasteiger partial charge is 0.495 e. The highest BCUT2D eigenvalue weighted by atomic mass is 32.1. The number of aromatic nitrogens is 1. The Morgan fingerprint density at radius 2 is 2.16 bits per heavy atom. The summed E-state index contributed by atoms with van der Waals surface area (Å²) in [5.74, 6) is 0.794. The number of thiazole rings is 1. The van der Waals surface area contributed by atoms with E-state index in [1.165, 1.54) is 0 Å². The van der Waals surface area contributed by atoms with Crippen LogP contribution >= 0.6 is 11.3 Å². The van der Waals surface area contributed by atoms with E-state index in [2.05, 4.69) is 10.3 Å². The molecule has 4 nitrogen and oxygen atoms in total. The number of nitrogens with one attached hydrogen (secondary N) is 1. The lowest BCUT2D eigenvalue weighted by molar-refractivity contribution is 0.417. The molecule has 2 aromatic heterocycles. The minimum Gasteiger partial charge on any atom is -0.495 e. The minimum atomic E-state index is 0.794. The molecule has 19 heavy (non-hydrogen) atoms. The average molecular weight is 272 g/mol. The first-order valence-corrected chi connectivity index (χ1v) is 6.63. The quantitative estimate of drug-likeness (QED) is 0.774. The van der Waals surface area contributed by atoms with Crippen LogP contribution in [0.5, 0.6) is 5.75 Å². The van der Waals surface area contributed by atoms with E-state index in [9.17, 15) is 0 Å². The molecular weight excluding hydrogens is 260 g/mol. The molecule has 0 aliphatic heterocycles. The molecule has 0 aliphatic carbocycles. The van der Waals surface area contributed by atoms with Crippen molar-refractivity contribution in [2.75, 3.05) is 12.4 Å². The zero-order valence-corrected chi connectivity index (χ0v) is 11.1. The molecule has 1 N–H and O–H groups in total. The second-order valence-corrected chi connectivity index (χ2v) is 4.73. The number of methoxy groups -OCH3 is 1. The lowest BCUT2D eigenvalue weighted by Crippen LogP contribution is -1.93. The summed E-state index contributed by atoms with van der Waals surface area (Å²) in [4.78, 5) is 4.52. The average Bonchev–Trinajstić information content (AvgIpc) is 3.09. The Bertz CT molecular complexity index is 662. The van der Waals surface area contributed by atoms with Gasteiger partial charge in [0.2, 0.25) is 0 Å². The van der Waals surface area contributed by atoms with Gasteiger partial charge in [0.05, 0.1) is 31.0 Å². The van der Waals surface area contributed by atoms with Gasteiger partial charge in [-0.15, -0.1) is 11.3 Å². The molecular formula is C14H12N2O2S. The predicted octanol–water partition coefficient (Wildman–Crippen LogP) is 4.16. The second kappa shape index (κ2) is 5.16. The van der Waals surface area contributed by atoms with E-state index in [0.717, 1.165) is 27.8 Å². The number of furan rings is 1. The SMILES string of the molecule is COc1ccccc1Nc1nc(-c2ccoc2)cs1. The summed E-state index contributed by atoms with van der Waals surface area (Å²) in [5.41, 5.74) is 2.78. The first-order valence-electron chi connectivity index (χ1n) is 5.75. The molecule has 5 heteroatoms. The van der Waals surface area contributed by atoms with Gasteiger partial charge in [-0.25, -0.2) is 4.98 Å². The molecule has 0 bridgehead atoms. The van der Waals surface area contributed by atoms with E-state index in [4.69, 9.17) is 9.15 Å². The third kappa shape index (κ3) is 2.46. The molecule has 0 unspecified atom stereocenters. The number of nitrogens with zero attached hydrogens (tertiary/aromatic N) is 1. The molecule has 0 aliphatic rings. The summed E-state index contributed by atoms with van der Waals surface area (Å²) in [6, 6.07) is 9.64. The van der Waals surface area contributed by atoms with Gasteiger partial charge in [-0.1, -0.05) is 12.1 Å². The van der Waals surface area contributed by atoms with E-state index in [1.54, 1.807) is 31.0 Å². The number of hydrogen-bond donors (Lipinski definition) is 1. The van der Waals surface area contributed by atoms with Crippen LogP contribution in [0.2, 0.25) is 0 Å². The van der Waals surface area contributed by atoms with Crippen LogP contribution in [-0.4, -0.2) is 12.1 Å². The summed E-state index contributed by atoms with van der Waals surface area (Å²) in [5, 5.41) is 6.07. The molecule has 96 valence electrons. The van der Waals surface area contributed by atoms with Crippen molar-refractivity contribution in [2.45, 2.75) is 0 Å². The van der Waals surface area contributed by atoms with E-state index in [0.29, 0.717) is 0 Å². The van der Waals surface area contributed by atoms with E-state index in [-0.39, 0.29) is 0 Å². The van der Waals surface area contributed by atoms with Crippen molar-refractivity contribution in [3.8, 4) is 17.0 Å². The van der Waals surface area contributed by atoms with Crippen LogP contribution in [0.15, 0.2) is 52.7 Å². The standard InChI is InChI=1S/C14H12N2O2S/c1-17-13-5-3-2-4-11(13)15-14-16-12(9-19-14)10-6-7-18-8-10/h2-9H,1H3,(H,15,16). The fourth-order valence-corrected chi connectivity index (χ4v) is 2.47. The highest BCUT2D eigenvalue weighted by Crippen LogP contribution is 2.31. The third-order valence-corrected chi connectivity index (χ3v) is 3.43. The van der Waals surface area contributed by atoms with Crippen molar-refractivity contribution in [3.05, 3.63) is 48.2 Å². The van der Waals surface area contributed by atoms with Crippen LogP contribution in [-0.2, 0) is 0 Å². The number of para-hydroxylation sites is 2. The summed E-state index contributed by atoms with van der Waals surface area (Å²) in [6.07, 6.45) is 3.32. The molecule has 3 rings (SSSR count). The normalized spacial score (nSPS) is 10.4. The smallest absolute Gasteiger partial charge is 0.187 e. The molecule has 0 radical (unpaired) electrons. The maximum Gasteiger partial charge on any atom is 0.187 e. The molecule has 0 amide bonds. The second-order valence-electron chi connectivity index (χ2n) is 3.88. The van der Waals surface area contributed by atoms with Crippen molar-refractivity contribution in [2.24, 2.45) is 0 Å². The van der Waals surface area contributed by atoms with Crippen molar-refractivity contribution in [1.29, 1.82) is 0 Å². The molecule has 2 heterocycles. The first kappa shape index (κ1) is 11.8. The number of anilines is 2. The van der Waals surface area contributed by atoms with Gasteiger partial charge in [0.15, 0.2) is 5.13 Å². The van der Waals surface area contributed by atoms with Gasteiger partial charge in [-0.05, 0) is 18.2 Å². The fourth-order valence-electron chi connectivity index (χ4n) is 1.74. The van der Waals surface area contributed by atoms with Gasteiger partial charge >= 0.3 is 0 Å². The van der Waals surface area contributed by atoms with Gasteiger partial charge in [-0.2, -0.15) is 0 Å². The predicted molar refractivity (Wildman–Crippen MR) is 76.1 cm³/mol. The van der Waals surface area contributed by atoms with Crippen LogP contribution in [0.25, 0.3) is 11.3 Å². The van der Waals surface area contributed by atoms with E-state index < -0.39 is 0 Å². The Balaban J connectivity index is 1.84. The molecule has 0 saturated heterocycles. The van der Waals surface area contributed by atoms with Crippen LogP contribution in [0.1, 0.15) is 0 Å². The third-order valence-electron chi connectivity index (χ3n) is 2.67. The number of benzene rings is 1. The highest BCUT2D eigenvalue weighted by Gasteiger charge is 2.07. The van der Waals surface area contributed by atoms with Crippen LogP contribution in [0, 0.1) is 0 Å². The number of ether oxygens (including phenoxy) is 1. The Hall–Kier alpha value is -2.27. The summed E-state index contributed by atoms with van der Waals surface area (Å²) in [7, 11) is 1.65. The molecule has 0 atom stereocenters. The van der Waals surface area contributed by atoms with Crippen LogP contribution in [0.3, 0.4) is 0 Å². The summed E-state index contributed by atoms with van der Waals surface area (Å²) >= 11 is 1.54. The summed E-state index contributed by atoms with van der Waals surface area (Å²) < 4.78 is 10.4. The monoisotopic (exact) mass is 272 g/mol. The zero-order chi connectivity index (χ0) is 13.1. The number of hydrogen-bond acceptors (Lipinski definition) is 5. The Kier molecular flexibility index (Phi) is 3.20. The molecule has 0 spiro atoms. The summed E-state index contributed by atoms with van der Waals surface area (Å²) in [6.45, 7) is 0. The van der Waals surface area contributed by atoms with Crippen molar-refractivity contribution in [3.63, 3.8) is 0 Å². The van der Waals surface area contributed by atoms with Gasteiger partial charge in [0.1, 0.15) is 5.75 Å². The first-order chi connectivity index (χ1) is 9.36. The van der Waals surface area contributed by atoms with Gasteiger partial charge < -0.3 is 14.5 Å². The van der Waals surface area contributed by atoms with Crippen molar-refractivity contribution < 1.29 is 9.15 Å². The topological polar surface area (TPSA) is 47.3 Å².